The maximum absolute atomic E-state index is 11.4. The van der Waals surface area contributed by atoms with Crippen LogP contribution in [0.3, 0.4) is 0 Å². The fourth-order valence-corrected chi connectivity index (χ4v) is 2.07. The Kier molecular flexibility index (Phi) is 13.5. The first-order chi connectivity index (χ1) is 9.22. The lowest BCUT2D eigenvalue weighted by molar-refractivity contribution is -0.148. The summed E-state index contributed by atoms with van der Waals surface area (Å²) in [5, 5.41) is 0. The van der Waals surface area contributed by atoms with Crippen molar-refractivity contribution in [2.75, 3.05) is 6.61 Å². The monoisotopic (exact) mass is 270 g/mol. The number of carbonyl (C=O) groups is 1. The number of ether oxygens (including phenoxy) is 1. The number of unbranched alkanes of at least 4 members (excludes halogenated alkanes) is 9. The van der Waals surface area contributed by atoms with Crippen LogP contribution in [0, 0.1) is 5.92 Å². The van der Waals surface area contributed by atoms with Gasteiger partial charge in [0, 0.05) is 0 Å². The second kappa shape index (κ2) is 13.9. The molecule has 0 aromatic carbocycles. The highest BCUT2D eigenvalue weighted by Gasteiger charge is 2.10. The smallest absolute Gasteiger partial charge is 0.308 e. The van der Waals surface area contributed by atoms with E-state index in [-0.39, 0.29) is 11.9 Å². The quantitative estimate of drug-likeness (QED) is 0.326. The Morgan fingerprint density at radius 3 is 1.79 bits per heavy atom. The van der Waals surface area contributed by atoms with Gasteiger partial charge >= 0.3 is 5.97 Å². The average Bonchev–Trinajstić information content (AvgIpc) is 2.43. The Labute approximate surface area is 120 Å². The summed E-state index contributed by atoms with van der Waals surface area (Å²) in [6.07, 6.45) is 14.0. The van der Waals surface area contributed by atoms with Crippen LogP contribution >= 0.6 is 0 Å². The van der Waals surface area contributed by atoms with Crippen molar-refractivity contribution in [3.8, 4) is 0 Å². The third-order valence-corrected chi connectivity index (χ3v) is 3.76. The van der Waals surface area contributed by atoms with Crippen LogP contribution in [0.15, 0.2) is 0 Å². The Bertz CT molecular complexity index is 201. The predicted octanol–water partition coefficient (Wildman–Crippen LogP) is 5.50. The molecule has 0 saturated heterocycles. The minimum atomic E-state index is -0.0292. The van der Waals surface area contributed by atoms with Crippen LogP contribution in [0.4, 0.5) is 0 Å². The van der Waals surface area contributed by atoms with Crippen molar-refractivity contribution >= 4 is 5.97 Å². The number of esters is 1. The molecule has 0 spiro atoms. The molecule has 0 heterocycles. The first-order valence-corrected chi connectivity index (χ1v) is 8.39. The normalized spacial score (nSPS) is 12.4. The van der Waals surface area contributed by atoms with Gasteiger partial charge in [0.25, 0.3) is 0 Å². The van der Waals surface area contributed by atoms with Crippen LogP contribution in [0.1, 0.15) is 91.4 Å². The molecular weight excluding hydrogens is 236 g/mol. The SMILES string of the molecule is CCCCCCCCCCCCOC(=O)C(C)CC. The van der Waals surface area contributed by atoms with Crippen LogP contribution in [-0.2, 0) is 9.53 Å². The van der Waals surface area contributed by atoms with Crippen molar-refractivity contribution < 1.29 is 9.53 Å². The Morgan fingerprint density at radius 1 is 0.842 bits per heavy atom. The average molecular weight is 270 g/mol. The van der Waals surface area contributed by atoms with Gasteiger partial charge in [-0.05, 0) is 12.8 Å². The standard InChI is InChI=1S/C17H34O2/c1-4-6-7-8-9-10-11-12-13-14-15-19-17(18)16(3)5-2/h16H,4-15H2,1-3H3. The van der Waals surface area contributed by atoms with Gasteiger partial charge in [-0.25, -0.2) is 0 Å². The second-order valence-electron chi connectivity index (χ2n) is 5.66. The molecule has 1 unspecified atom stereocenters. The molecule has 2 heteroatoms. The van der Waals surface area contributed by atoms with E-state index in [1.165, 1.54) is 57.8 Å². The molecule has 0 saturated carbocycles. The molecule has 0 bridgehead atoms. The maximum Gasteiger partial charge on any atom is 0.308 e. The molecule has 0 aromatic heterocycles. The van der Waals surface area contributed by atoms with E-state index in [1.807, 2.05) is 13.8 Å². The maximum atomic E-state index is 11.4. The van der Waals surface area contributed by atoms with E-state index in [0.29, 0.717) is 6.61 Å². The number of hydrogen-bond donors (Lipinski definition) is 0. The molecule has 0 amide bonds. The fourth-order valence-electron chi connectivity index (χ4n) is 2.07. The molecule has 0 aliphatic rings. The predicted molar refractivity (Wildman–Crippen MR) is 82.3 cm³/mol. The van der Waals surface area contributed by atoms with E-state index in [0.717, 1.165) is 12.8 Å². The second-order valence-corrected chi connectivity index (χ2v) is 5.66. The topological polar surface area (TPSA) is 26.3 Å². The highest BCUT2D eigenvalue weighted by molar-refractivity contribution is 5.71. The lowest BCUT2D eigenvalue weighted by Gasteiger charge is -2.08. The lowest BCUT2D eigenvalue weighted by Crippen LogP contribution is -2.14. The van der Waals surface area contributed by atoms with Crippen molar-refractivity contribution in [1.29, 1.82) is 0 Å². The van der Waals surface area contributed by atoms with Crippen LogP contribution in [0.25, 0.3) is 0 Å². The summed E-state index contributed by atoms with van der Waals surface area (Å²) in [4.78, 5) is 11.4. The van der Waals surface area contributed by atoms with Gasteiger partial charge in [-0.3, -0.25) is 4.79 Å². The van der Waals surface area contributed by atoms with Gasteiger partial charge in [0.1, 0.15) is 0 Å². The van der Waals surface area contributed by atoms with Gasteiger partial charge in [-0.1, -0.05) is 78.6 Å². The summed E-state index contributed by atoms with van der Waals surface area (Å²) >= 11 is 0. The fraction of sp³-hybridized carbons (Fsp3) is 0.941. The highest BCUT2D eigenvalue weighted by atomic mass is 16.5. The van der Waals surface area contributed by atoms with Gasteiger partial charge < -0.3 is 4.74 Å². The molecule has 114 valence electrons. The summed E-state index contributed by atoms with van der Waals surface area (Å²) in [5.41, 5.74) is 0. The Morgan fingerprint density at radius 2 is 1.32 bits per heavy atom. The van der Waals surface area contributed by atoms with Gasteiger partial charge in [0.05, 0.1) is 12.5 Å². The molecule has 2 nitrogen and oxygen atoms in total. The first kappa shape index (κ1) is 18.5. The molecule has 0 rings (SSSR count). The summed E-state index contributed by atoms with van der Waals surface area (Å²) < 4.78 is 5.23. The van der Waals surface area contributed by atoms with Crippen molar-refractivity contribution in [3.63, 3.8) is 0 Å². The van der Waals surface area contributed by atoms with E-state index >= 15 is 0 Å². The van der Waals surface area contributed by atoms with Gasteiger partial charge in [0.15, 0.2) is 0 Å². The largest absolute Gasteiger partial charge is 0.465 e. The lowest BCUT2D eigenvalue weighted by atomic mass is 10.1. The number of hydrogen-bond acceptors (Lipinski definition) is 2. The van der Waals surface area contributed by atoms with Crippen LogP contribution in [0.5, 0.6) is 0 Å². The minimum absolute atomic E-state index is 0.0292. The molecule has 19 heavy (non-hydrogen) atoms. The summed E-state index contributed by atoms with van der Waals surface area (Å²) in [6, 6.07) is 0. The zero-order valence-electron chi connectivity index (χ0n) is 13.4. The molecular formula is C17H34O2. The summed E-state index contributed by atoms with van der Waals surface area (Å²) in [5.74, 6) is 0.0292. The zero-order valence-corrected chi connectivity index (χ0v) is 13.4. The summed E-state index contributed by atoms with van der Waals surface area (Å²) in [7, 11) is 0. The molecule has 0 aliphatic heterocycles. The van der Waals surface area contributed by atoms with Gasteiger partial charge in [-0.15, -0.1) is 0 Å². The molecule has 0 aliphatic carbocycles. The molecule has 0 radical (unpaired) electrons. The van der Waals surface area contributed by atoms with Crippen molar-refractivity contribution in [2.45, 2.75) is 91.4 Å². The zero-order chi connectivity index (χ0) is 14.3. The number of rotatable bonds is 13. The number of carbonyl (C=O) groups excluding carboxylic acids is 1. The third kappa shape index (κ3) is 12.3. The van der Waals surface area contributed by atoms with E-state index in [2.05, 4.69) is 6.92 Å². The van der Waals surface area contributed by atoms with Crippen molar-refractivity contribution in [2.24, 2.45) is 5.92 Å². The van der Waals surface area contributed by atoms with E-state index in [4.69, 9.17) is 4.74 Å². The van der Waals surface area contributed by atoms with E-state index in [1.54, 1.807) is 0 Å². The first-order valence-electron chi connectivity index (χ1n) is 8.39. The van der Waals surface area contributed by atoms with E-state index < -0.39 is 0 Å². The van der Waals surface area contributed by atoms with Crippen LogP contribution < -0.4 is 0 Å². The third-order valence-electron chi connectivity index (χ3n) is 3.76. The van der Waals surface area contributed by atoms with Crippen molar-refractivity contribution in [3.05, 3.63) is 0 Å². The van der Waals surface area contributed by atoms with Crippen LogP contribution in [0.2, 0.25) is 0 Å². The summed E-state index contributed by atoms with van der Waals surface area (Å²) in [6.45, 7) is 6.82. The molecule has 0 fully saturated rings. The minimum Gasteiger partial charge on any atom is -0.465 e. The molecule has 0 aromatic rings. The van der Waals surface area contributed by atoms with Crippen molar-refractivity contribution in [1.82, 2.24) is 0 Å². The molecule has 0 N–H and O–H groups in total. The van der Waals surface area contributed by atoms with Gasteiger partial charge in [0.2, 0.25) is 0 Å². The Balaban J connectivity index is 3.13. The highest BCUT2D eigenvalue weighted by Crippen LogP contribution is 2.11. The van der Waals surface area contributed by atoms with Crippen LogP contribution in [-0.4, -0.2) is 12.6 Å². The van der Waals surface area contributed by atoms with E-state index in [9.17, 15) is 4.79 Å². The Hall–Kier alpha value is -0.530. The molecule has 1 atom stereocenters. The van der Waals surface area contributed by atoms with Gasteiger partial charge in [-0.2, -0.15) is 0 Å².